The van der Waals surface area contributed by atoms with Crippen LogP contribution in [0.4, 0.5) is 0 Å². The zero-order chi connectivity index (χ0) is 24.1. The van der Waals surface area contributed by atoms with Crippen molar-refractivity contribution in [3.05, 3.63) is 71.1 Å². The summed E-state index contributed by atoms with van der Waals surface area (Å²) in [6.45, 7) is 6.91. The van der Waals surface area contributed by atoms with Crippen LogP contribution in [0.25, 0.3) is 11.4 Å². The van der Waals surface area contributed by atoms with E-state index in [1.165, 1.54) is 0 Å². The molecule has 3 aromatic rings. The van der Waals surface area contributed by atoms with Crippen molar-refractivity contribution in [1.29, 1.82) is 0 Å². The van der Waals surface area contributed by atoms with Gasteiger partial charge in [-0.15, -0.1) is 0 Å². The first-order chi connectivity index (χ1) is 16.4. The minimum Gasteiger partial charge on any atom is -0.340 e. The van der Waals surface area contributed by atoms with Crippen LogP contribution in [0.5, 0.6) is 0 Å². The Balaban J connectivity index is 1.31. The van der Waals surface area contributed by atoms with Crippen LogP contribution in [-0.4, -0.2) is 64.0 Å². The second-order valence-corrected chi connectivity index (χ2v) is 9.12. The monoisotopic (exact) mass is 481 g/mol. The fraction of sp³-hybridized carbons (Fsp3) is 0.360. The maximum absolute atomic E-state index is 13.2. The van der Waals surface area contributed by atoms with Crippen molar-refractivity contribution >= 4 is 23.4 Å². The number of aromatic nitrogens is 2. The molecule has 0 spiro atoms. The number of piperazine rings is 1. The summed E-state index contributed by atoms with van der Waals surface area (Å²) < 4.78 is 5.42. The molecule has 1 saturated heterocycles. The Kier molecular flexibility index (Phi) is 7.59. The van der Waals surface area contributed by atoms with Crippen LogP contribution >= 0.6 is 11.6 Å². The molecular formula is C25H28ClN5O3. The van der Waals surface area contributed by atoms with Crippen molar-refractivity contribution < 1.29 is 14.1 Å². The first-order valence-electron chi connectivity index (χ1n) is 11.4. The summed E-state index contributed by atoms with van der Waals surface area (Å²) >= 11 is 5.94. The normalized spacial score (nSPS) is 15.4. The lowest BCUT2D eigenvalue weighted by Crippen LogP contribution is -2.56. The molecule has 0 aliphatic carbocycles. The van der Waals surface area contributed by atoms with E-state index in [1.54, 1.807) is 24.3 Å². The highest BCUT2D eigenvalue weighted by atomic mass is 35.5. The summed E-state index contributed by atoms with van der Waals surface area (Å²) in [5.41, 5.74) is 1.38. The molecule has 2 amide bonds. The van der Waals surface area contributed by atoms with Gasteiger partial charge in [-0.2, -0.15) is 4.98 Å². The van der Waals surface area contributed by atoms with Crippen molar-refractivity contribution in [3.63, 3.8) is 0 Å². The largest absolute Gasteiger partial charge is 0.340 e. The Bertz CT molecular complexity index is 1110. The van der Waals surface area contributed by atoms with Crippen LogP contribution in [0.15, 0.2) is 59.1 Å². The van der Waals surface area contributed by atoms with E-state index in [2.05, 4.69) is 20.4 Å². The molecule has 0 radical (unpaired) electrons. The van der Waals surface area contributed by atoms with Gasteiger partial charge in [0.25, 0.3) is 5.91 Å². The van der Waals surface area contributed by atoms with Gasteiger partial charge in [0.1, 0.15) is 6.04 Å². The quantitative estimate of drug-likeness (QED) is 0.555. The van der Waals surface area contributed by atoms with Gasteiger partial charge < -0.3 is 14.7 Å². The molecule has 34 heavy (non-hydrogen) atoms. The van der Waals surface area contributed by atoms with Gasteiger partial charge >= 0.3 is 0 Å². The van der Waals surface area contributed by atoms with Gasteiger partial charge in [-0.3, -0.25) is 14.5 Å². The highest BCUT2D eigenvalue weighted by molar-refractivity contribution is 6.30. The van der Waals surface area contributed by atoms with Crippen LogP contribution in [0.2, 0.25) is 5.02 Å². The number of rotatable bonds is 7. The van der Waals surface area contributed by atoms with E-state index in [0.29, 0.717) is 55.0 Å². The standard InChI is InChI=1S/C25H28ClN5O3/c1-17(2)22(28-24(32)19-6-4-3-5-7-19)25(33)31-14-12-30(13-15-31)16-21-27-23(29-34-21)18-8-10-20(26)11-9-18/h3-11,17,22H,12-16H2,1-2H3,(H,28,32). The smallest absolute Gasteiger partial charge is 0.251 e. The fourth-order valence-electron chi connectivity index (χ4n) is 3.88. The number of hydrogen-bond acceptors (Lipinski definition) is 6. The summed E-state index contributed by atoms with van der Waals surface area (Å²) in [6.07, 6.45) is 0. The summed E-state index contributed by atoms with van der Waals surface area (Å²) in [6, 6.07) is 15.7. The molecule has 4 rings (SSSR count). The average molecular weight is 482 g/mol. The van der Waals surface area contributed by atoms with E-state index in [-0.39, 0.29) is 17.7 Å². The zero-order valence-corrected chi connectivity index (χ0v) is 20.0. The van der Waals surface area contributed by atoms with Crippen LogP contribution in [0.1, 0.15) is 30.1 Å². The third kappa shape index (κ3) is 5.81. The molecule has 2 aromatic carbocycles. The molecule has 0 bridgehead atoms. The maximum atomic E-state index is 13.2. The highest BCUT2D eigenvalue weighted by Crippen LogP contribution is 2.19. The predicted molar refractivity (Wildman–Crippen MR) is 129 cm³/mol. The van der Waals surface area contributed by atoms with E-state index in [9.17, 15) is 9.59 Å². The van der Waals surface area contributed by atoms with E-state index >= 15 is 0 Å². The minimum absolute atomic E-state index is 0.0251. The van der Waals surface area contributed by atoms with Crippen LogP contribution in [-0.2, 0) is 11.3 Å². The maximum Gasteiger partial charge on any atom is 0.251 e. The topological polar surface area (TPSA) is 91.6 Å². The van der Waals surface area contributed by atoms with Gasteiger partial charge in [0.2, 0.25) is 17.6 Å². The Morgan fingerprint density at radius 3 is 2.35 bits per heavy atom. The highest BCUT2D eigenvalue weighted by Gasteiger charge is 2.31. The summed E-state index contributed by atoms with van der Waals surface area (Å²) in [5.74, 6) is 0.734. The van der Waals surface area contributed by atoms with Crippen LogP contribution < -0.4 is 5.32 Å². The molecule has 1 N–H and O–H groups in total. The van der Waals surface area contributed by atoms with E-state index in [1.807, 2.05) is 49.1 Å². The van der Waals surface area contributed by atoms with Gasteiger partial charge in [0, 0.05) is 42.3 Å². The summed E-state index contributed by atoms with van der Waals surface area (Å²) in [4.78, 5) is 34.3. The Morgan fingerprint density at radius 2 is 1.71 bits per heavy atom. The van der Waals surface area contributed by atoms with Gasteiger partial charge in [-0.05, 0) is 42.3 Å². The molecular weight excluding hydrogens is 454 g/mol. The molecule has 1 fully saturated rings. The number of amides is 2. The number of hydrogen-bond donors (Lipinski definition) is 1. The van der Waals surface area contributed by atoms with E-state index < -0.39 is 6.04 Å². The third-order valence-electron chi connectivity index (χ3n) is 5.87. The SMILES string of the molecule is CC(C)C(NC(=O)c1ccccc1)C(=O)N1CCN(Cc2nc(-c3ccc(Cl)cc3)no2)CC1. The second-order valence-electron chi connectivity index (χ2n) is 8.68. The predicted octanol–water partition coefficient (Wildman–Crippen LogP) is 3.49. The number of carbonyl (C=O) groups is 2. The van der Waals surface area contributed by atoms with E-state index in [0.717, 1.165) is 5.56 Å². The Morgan fingerprint density at radius 1 is 1.03 bits per heavy atom. The van der Waals surface area contributed by atoms with Gasteiger partial charge in [0.15, 0.2) is 0 Å². The van der Waals surface area contributed by atoms with Crippen molar-refractivity contribution in [3.8, 4) is 11.4 Å². The van der Waals surface area contributed by atoms with Crippen molar-refractivity contribution in [2.75, 3.05) is 26.2 Å². The molecule has 9 heteroatoms. The first-order valence-corrected chi connectivity index (χ1v) is 11.7. The minimum atomic E-state index is -0.572. The van der Waals surface area contributed by atoms with Gasteiger partial charge in [0.05, 0.1) is 6.54 Å². The lowest BCUT2D eigenvalue weighted by atomic mass is 10.0. The van der Waals surface area contributed by atoms with E-state index in [4.69, 9.17) is 16.1 Å². The molecule has 8 nitrogen and oxygen atoms in total. The average Bonchev–Trinajstić information content (AvgIpc) is 3.31. The number of halogens is 1. The number of carbonyl (C=O) groups excluding carboxylic acids is 2. The van der Waals surface area contributed by atoms with Crippen LogP contribution in [0.3, 0.4) is 0 Å². The molecule has 0 saturated carbocycles. The second kappa shape index (κ2) is 10.8. The molecule has 1 unspecified atom stereocenters. The lowest BCUT2D eigenvalue weighted by molar-refractivity contribution is -0.136. The molecule has 1 aromatic heterocycles. The zero-order valence-electron chi connectivity index (χ0n) is 19.3. The molecule has 1 aliphatic heterocycles. The van der Waals surface area contributed by atoms with Crippen molar-refractivity contribution in [2.24, 2.45) is 5.92 Å². The fourth-order valence-corrected chi connectivity index (χ4v) is 4.00. The summed E-state index contributed by atoms with van der Waals surface area (Å²) in [7, 11) is 0. The Hall–Kier alpha value is -3.23. The molecule has 2 heterocycles. The third-order valence-corrected chi connectivity index (χ3v) is 6.12. The van der Waals surface area contributed by atoms with Crippen molar-refractivity contribution in [2.45, 2.75) is 26.4 Å². The van der Waals surface area contributed by atoms with Crippen molar-refractivity contribution in [1.82, 2.24) is 25.3 Å². The number of nitrogens with one attached hydrogen (secondary N) is 1. The number of benzene rings is 2. The lowest BCUT2D eigenvalue weighted by Gasteiger charge is -2.36. The number of nitrogens with zero attached hydrogens (tertiary/aromatic N) is 4. The molecule has 1 atom stereocenters. The molecule has 1 aliphatic rings. The summed E-state index contributed by atoms with van der Waals surface area (Å²) in [5, 5.41) is 7.63. The van der Waals surface area contributed by atoms with Gasteiger partial charge in [-0.1, -0.05) is 48.8 Å². The van der Waals surface area contributed by atoms with Gasteiger partial charge in [-0.25, -0.2) is 0 Å². The molecule has 178 valence electrons. The Labute approximate surface area is 203 Å². The first kappa shape index (κ1) is 23.9. The van der Waals surface area contributed by atoms with Crippen LogP contribution in [0, 0.1) is 5.92 Å².